The maximum atomic E-state index is 7.19. The molecule has 8 rings (SSSR count). The lowest BCUT2D eigenvalue weighted by Gasteiger charge is -2.48. The number of rotatable bonds is 5. The summed E-state index contributed by atoms with van der Waals surface area (Å²) in [6.07, 6.45) is 19.9. The van der Waals surface area contributed by atoms with Crippen LogP contribution in [-0.4, -0.2) is 24.4 Å². The molecule has 8 aliphatic carbocycles. The minimum Gasteiger partial charge on any atom is -0.373 e. The maximum absolute atomic E-state index is 7.19. The second-order valence-electron chi connectivity index (χ2n) is 12.3. The Bertz CT molecular complexity index is 800. The van der Waals surface area contributed by atoms with Crippen LogP contribution >= 0.6 is 0 Å². The van der Waals surface area contributed by atoms with Gasteiger partial charge in [0.1, 0.15) is 0 Å². The van der Waals surface area contributed by atoms with E-state index < -0.39 is 0 Å². The first kappa shape index (κ1) is 17.0. The average Bonchev–Trinajstić information content (AvgIpc) is 3.54. The summed E-state index contributed by atoms with van der Waals surface area (Å²) in [4.78, 5) is 0. The molecular weight excluding hydrogens is 356 g/mol. The van der Waals surface area contributed by atoms with Crippen LogP contribution in [0.15, 0.2) is 24.3 Å². The van der Waals surface area contributed by atoms with Crippen LogP contribution in [0.4, 0.5) is 0 Å². The Labute approximate surface area is 175 Å². The quantitative estimate of drug-likeness (QED) is 0.470. The lowest BCUT2D eigenvalue weighted by atomic mass is 9.67. The van der Waals surface area contributed by atoms with Crippen molar-refractivity contribution in [3.05, 3.63) is 24.3 Å². The van der Waals surface area contributed by atoms with Gasteiger partial charge >= 0.3 is 0 Å². The van der Waals surface area contributed by atoms with Gasteiger partial charge in [-0.3, -0.25) is 0 Å². The highest BCUT2D eigenvalue weighted by Gasteiger charge is 2.69. The van der Waals surface area contributed by atoms with E-state index in [0.29, 0.717) is 0 Å². The van der Waals surface area contributed by atoms with Crippen molar-refractivity contribution in [1.82, 2.24) is 0 Å². The molecule has 13 atom stereocenters. The van der Waals surface area contributed by atoms with Crippen molar-refractivity contribution in [3.8, 4) is 0 Å². The molecule has 6 fully saturated rings. The van der Waals surface area contributed by atoms with E-state index in [9.17, 15) is 0 Å². The summed E-state index contributed by atoms with van der Waals surface area (Å²) < 4.78 is 13.9. The Morgan fingerprint density at radius 3 is 2.41 bits per heavy atom. The van der Waals surface area contributed by atoms with Gasteiger partial charge in [-0.1, -0.05) is 24.3 Å². The predicted octanol–water partition coefficient (Wildman–Crippen LogP) is 5.25. The Kier molecular flexibility index (Phi) is 3.18. The number of allylic oxidation sites excluding steroid dienone is 4. The lowest BCUT2D eigenvalue weighted by molar-refractivity contribution is -0.189. The van der Waals surface area contributed by atoms with Gasteiger partial charge in [0.05, 0.1) is 17.8 Å². The summed E-state index contributed by atoms with van der Waals surface area (Å²) in [5, 5.41) is 0. The van der Waals surface area contributed by atoms with Crippen molar-refractivity contribution in [3.63, 3.8) is 0 Å². The van der Waals surface area contributed by atoms with Gasteiger partial charge in [0, 0.05) is 6.61 Å². The third-order valence-corrected chi connectivity index (χ3v) is 11.7. The van der Waals surface area contributed by atoms with Gasteiger partial charge in [0.25, 0.3) is 0 Å². The van der Waals surface area contributed by atoms with Crippen molar-refractivity contribution in [2.24, 2.45) is 65.1 Å². The van der Waals surface area contributed by atoms with E-state index in [4.69, 9.17) is 9.47 Å². The fourth-order valence-corrected chi connectivity index (χ4v) is 11.3. The predicted molar refractivity (Wildman–Crippen MR) is 112 cm³/mol. The van der Waals surface area contributed by atoms with Gasteiger partial charge in [0.2, 0.25) is 0 Å². The van der Waals surface area contributed by atoms with Crippen LogP contribution < -0.4 is 0 Å². The molecule has 0 aliphatic heterocycles. The Morgan fingerprint density at radius 2 is 1.55 bits per heavy atom. The monoisotopic (exact) mass is 392 g/mol. The fourth-order valence-electron chi connectivity index (χ4n) is 11.3. The minimum absolute atomic E-state index is 0.0251. The molecule has 13 unspecified atom stereocenters. The normalized spacial score (nSPS) is 64.0. The van der Waals surface area contributed by atoms with Gasteiger partial charge in [0.15, 0.2) is 0 Å². The number of hydrogen-bond acceptors (Lipinski definition) is 2. The SMILES string of the molecule is CCOC1(COC23CCC(C2)C2C4C=CC(C4)C23)CC2CC1C1C3C=CC(C3)C21. The largest absolute Gasteiger partial charge is 0.373 e. The van der Waals surface area contributed by atoms with Crippen LogP contribution in [0.2, 0.25) is 0 Å². The van der Waals surface area contributed by atoms with Crippen LogP contribution in [0.25, 0.3) is 0 Å². The van der Waals surface area contributed by atoms with Gasteiger partial charge in [-0.25, -0.2) is 0 Å². The highest BCUT2D eigenvalue weighted by atomic mass is 16.6. The first-order chi connectivity index (χ1) is 14.2. The smallest absolute Gasteiger partial charge is 0.0948 e. The van der Waals surface area contributed by atoms with Crippen molar-refractivity contribution >= 4 is 0 Å². The summed E-state index contributed by atoms with van der Waals surface area (Å²) in [6, 6.07) is 0. The van der Waals surface area contributed by atoms with Crippen LogP contribution in [0, 0.1) is 65.1 Å². The van der Waals surface area contributed by atoms with Gasteiger partial charge in [-0.2, -0.15) is 0 Å². The van der Waals surface area contributed by atoms with E-state index in [0.717, 1.165) is 78.3 Å². The van der Waals surface area contributed by atoms with Crippen molar-refractivity contribution in [2.75, 3.05) is 13.2 Å². The molecule has 0 amide bonds. The van der Waals surface area contributed by atoms with E-state index in [1.807, 2.05) is 0 Å². The zero-order chi connectivity index (χ0) is 19.0. The molecular formula is C27H36O2. The van der Waals surface area contributed by atoms with E-state index in [2.05, 4.69) is 31.2 Å². The zero-order valence-corrected chi connectivity index (χ0v) is 17.8. The second-order valence-corrected chi connectivity index (χ2v) is 12.3. The topological polar surface area (TPSA) is 18.5 Å². The van der Waals surface area contributed by atoms with E-state index >= 15 is 0 Å². The number of fused-ring (bicyclic) bond motifs is 18. The highest BCUT2D eigenvalue weighted by molar-refractivity contribution is 5.26. The Morgan fingerprint density at radius 1 is 0.793 bits per heavy atom. The second kappa shape index (κ2) is 5.41. The summed E-state index contributed by atoms with van der Waals surface area (Å²) >= 11 is 0. The molecule has 29 heavy (non-hydrogen) atoms. The summed E-state index contributed by atoms with van der Waals surface area (Å²) in [7, 11) is 0. The third kappa shape index (κ3) is 1.90. The van der Waals surface area contributed by atoms with Crippen LogP contribution in [0.5, 0.6) is 0 Å². The molecule has 156 valence electrons. The Hall–Kier alpha value is -0.600. The van der Waals surface area contributed by atoms with Gasteiger partial charge in [-0.15, -0.1) is 0 Å². The molecule has 8 aliphatic rings. The first-order valence-electron chi connectivity index (χ1n) is 12.9. The van der Waals surface area contributed by atoms with E-state index in [1.54, 1.807) is 0 Å². The van der Waals surface area contributed by atoms with Crippen LogP contribution in [-0.2, 0) is 9.47 Å². The molecule has 0 aromatic carbocycles. The highest BCUT2D eigenvalue weighted by Crippen LogP contribution is 2.71. The molecule has 0 radical (unpaired) electrons. The summed E-state index contributed by atoms with van der Waals surface area (Å²) in [6.45, 7) is 3.95. The fraction of sp³-hybridized carbons (Fsp3) is 0.852. The molecule has 0 spiro atoms. The number of hydrogen-bond donors (Lipinski definition) is 0. The molecule has 0 aromatic rings. The molecule has 6 saturated carbocycles. The van der Waals surface area contributed by atoms with Crippen LogP contribution in [0.1, 0.15) is 51.9 Å². The van der Waals surface area contributed by atoms with E-state index in [1.165, 1.54) is 44.9 Å². The van der Waals surface area contributed by atoms with Crippen molar-refractivity contribution < 1.29 is 9.47 Å². The van der Waals surface area contributed by atoms with Crippen molar-refractivity contribution in [1.29, 1.82) is 0 Å². The minimum atomic E-state index is 0.0251. The first-order valence-corrected chi connectivity index (χ1v) is 12.9. The molecule has 0 aromatic heterocycles. The average molecular weight is 393 g/mol. The van der Waals surface area contributed by atoms with E-state index in [-0.39, 0.29) is 11.2 Å². The third-order valence-electron chi connectivity index (χ3n) is 11.7. The van der Waals surface area contributed by atoms with Gasteiger partial charge in [-0.05, 0) is 117 Å². The maximum Gasteiger partial charge on any atom is 0.0948 e. The standard InChI is InChI=1S/C27H36O2/c1-2-28-27(13-20-11-21(27)24-17-4-3-15(9-17)22(20)24)14-29-26-8-7-19(12-26)23-16-5-6-18(10-16)25(23)26/h3-6,15-25H,2,7-14H2,1H3. The summed E-state index contributed by atoms with van der Waals surface area (Å²) in [5.74, 6) is 9.69. The zero-order valence-electron chi connectivity index (χ0n) is 17.8. The molecule has 8 bridgehead atoms. The van der Waals surface area contributed by atoms with Gasteiger partial charge < -0.3 is 9.47 Å². The number of ether oxygens (including phenoxy) is 2. The van der Waals surface area contributed by atoms with Crippen molar-refractivity contribution in [2.45, 2.75) is 63.1 Å². The Balaban J connectivity index is 1.09. The molecule has 0 N–H and O–H groups in total. The lowest BCUT2D eigenvalue weighted by Crippen LogP contribution is -2.52. The molecule has 0 heterocycles. The summed E-state index contributed by atoms with van der Waals surface area (Å²) in [5.41, 5.74) is 0.219. The molecule has 0 saturated heterocycles. The molecule has 2 heteroatoms. The van der Waals surface area contributed by atoms with Crippen LogP contribution in [0.3, 0.4) is 0 Å². The molecule has 2 nitrogen and oxygen atoms in total.